The fraction of sp³-hybridized carbons (Fsp3) is 0.303. The highest BCUT2D eigenvalue weighted by atomic mass is 16.7. The molecular formula is C33H29N5O8. The Morgan fingerprint density at radius 3 is 2.65 bits per heavy atom. The van der Waals surface area contributed by atoms with E-state index in [9.17, 15) is 24.5 Å². The van der Waals surface area contributed by atoms with Gasteiger partial charge < -0.3 is 23.7 Å². The molecule has 4 aromatic rings. The van der Waals surface area contributed by atoms with Gasteiger partial charge >= 0.3 is 12.1 Å². The van der Waals surface area contributed by atoms with Gasteiger partial charge in [0, 0.05) is 29.8 Å². The first kappa shape index (κ1) is 29.1. The van der Waals surface area contributed by atoms with E-state index in [2.05, 4.69) is 16.8 Å². The summed E-state index contributed by atoms with van der Waals surface area (Å²) in [5, 5.41) is 11.9. The largest absolute Gasteiger partial charge is 0.515 e. The third-order valence-electron chi connectivity index (χ3n) is 8.76. The Hall–Kier alpha value is -5.59. The van der Waals surface area contributed by atoms with Gasteiger partial charge in [-0.1, -0.05) is 32.8 Å². The number of hydrogen-bond donors (Lipinski definition) is 0. The Kier molecular flexibility index (Phi) is 7.02. The Morgan fingerprint density at radius 1 is 1.11 bits per heavy atom. The zero-order valence-corrected chi connectivity index (χ0v) is 25.1. The molecule has 0 bridgehead atoms. The molecule has 7 rings (SSSR count). The number of cyclic esters (lactones) is 1. The van der Waals surface area contributed by atoms with Crippen molar-refractivity contribution in [1.82, 2.24) is 9.55 Å². The summed E-state index contributed by atoms with van der Waals surface area (Å²) in [4.78, 5) is 62.7. The van der Waals surface area contributed by atoms with Crippen molar-refractivity contribution in [3.8, 4) is 17.1 Å². The van der Waals surface area contributed by atoms with Gasteiger partial charge in [-0.25, -0.2) is 19.6 Å². The highest BCUT2D eigenvalue weighted by molar-refractivity contribution is 6.11. The number of carbonyl (C=O) groups excluding carboxylic acids is 2. The maximum Gasteiger partial charge on any atom is 0.515 e. The number of nitro benzene ring substituents is 1. The average Bonchev–Trinajstić information content (AvgIpc) is 3.42. The second-order valence-corrected chi connectivity index (χ2v) is 11.4. The second kappa shape index (κ2) is 11.1. The topological polar surface area (TPSA) is 155 Å². The number of benzene rings is 2. The number of rotatable bonds is 8. The van der Waals surface area contributed by atoms with Crippen LogP contribution in [0.5, 0.6) is 5.75 Å². The van der Waals surface area contributed by atoms with Crippen molar-refractivity contribution in [2.75, 3.05) is 11.4 Å². The van der Waals surface area contributed by atoms with Gasteiger partial charge in [0.2, 0.25) is 5.60 Å². The molecule has 0 amide bonds. The van der Waals surface area contributed by atoms with E-state index in [0.717, 1.165) is 53.6 Å². The number of nitrogens with zero attached hydrogens (tertiary/aromatic N) is 5. The summed E-state index contributed by atoms with van der Waals surface area (Å²) in [6.07, 6.45) is 3.66. The average molecular weight is 624 g/mol. The van der Waals surface area contributed by atoms with Gasteiger partial charge in [-0.15, -0.1) is 0 Å². The quantitative estimate of drug-likeness (QED) is 0.0672. The minimum atomic E-state index is -1.97. The Bertz CT molecular complexity index is 2040. The Morgan fingerprint density at radius 2 is 1.91 bits per heavy atom. The lowest BCUT2D eigenvalue weighted by Gasteiger charge is -2.35. The lowest BCUT2D eigenvalue weighted by atomic mass is 9.85. The predicted octanol–water partition coefficient (Wildman–Crippen LogP) is 5.88. The van der Waals surface area contributed by atoms with Gasteiger partial charge in [-0.3, -0.25) is 14.9 Å². The Labute approximate surface area is 262 Å². The van der Waals surface area contributed by atoms with Crippen molar-refractivity contribution in [3.05, 3.63) is 85.7 Å². The summed E-state index contributed by atoms with van der Waals surface area (Å²) in [5.74, 6) is -0.860. The molecule has 3 aliphatic heterocycles. The molecule has 13 heteroatoms. The summed E-state index contributed by atoms with van der Waals surface area (Å²) in [6, 6.07) is 12.3. The molecular weight excluding hydrogens is 594 g/mol. The van der Waals surface area contributed by atoms with Crippen molar-refractivity contribution in [1.29, 1.82) is 0 Å². The van der Waals surface area contributed by atoms with Crippen molar-refractivity contribution in [2.24, 2.45) is 4.99 Å². The maximum atomic E-state index is 14.1. The van der Waals surface area contributed by atoms with E-state index in [-0.39, 0.29) is 47.7 Å². The molecule has 1 atom stereocenters. The normalized spacial score (nSPS) is 17.3. The molecule has 0 saturated carbocycles. The standard InChI is InChI=1S/C33H29N5O8/c1-3-5-6-14-36-18-34-24-8-7-9-25-27(24)29(36)21-16-37-26(28(21)35-25)15-23-22(30(37)39)17-44-31(40)33(23,4-2)46-32(41)45-20-12-10-19(11-13-20)38(42)43/h7-13,15,18H,3-6,14,16-17H2,1-2H3/t33-/m0/s1. The van der Waals surface area contributed by atoms with Gasteiger partial charge in [0.1, 0.15) is 12.4 Å². The molecule has 2 aromatic carbocycles. The third kappa shape index (κ3) is 4.49. The lowest BCUT2D eigenvalue weighted by molar-refractivity contribution is -0.384. The van der Waals surface area contributed by atoms with Crippen LogP contribution < -0.4 is 15.2 Å². The highest BCUT2D eigenvalue weighted by Crippen LogP contribution is 2.47. The van der Waals surface area contributed by atoms with Gasteiger partial charge in [0.15, 0.2) is 0 Å². The first-order valence-electron chi connectivity index (χ1n) is 15.1. The van der Waals surface area contributed by atoms with Crippen molar-refractivity contribution in [2.45, 2.75) is 58.3 Å². The summed E-state index contributed by atoms with van der Waals surface area (Å²) < 4.78 is 18.0. The first-order chi connectivity index (χ1) is 22.3. The molecule has 2 aromatic heterocycles. The minimum Gasteiger partial charge on any atom is -0.457 e. The van der Waals surface area contributed by atoms with Gasteiger partial charge in [0.05, 0.1) is 57.0 Å². The van der Waals surface area contributed by atoms with Crippen LogP contribution in [0.1, 0.15) is 56.2 Å². The van der Waals surface area contributed by atoms with E-state index < -0.39 is 22.6 Å². The molecule has 0 saturated heterocycles. The van der Waals surface area contributed by atoms with Crippen LogP contribution in [-0.4, -0.2) is 39.5 Å². The van der Waals surface area contributed by atoms with E-state index in [0.29, 0.717) is 11.4 Å². The van der Waals surface area contributed by atoms with Gasteiger partial charge in [-0.05, 0) is 43.2 Å². The number of pyridine rings is 2. The summed E-state index contributed by atoms with van der Waals surface area (Å²) in [6.45, 7) is 4.52. The number of aromatic nitrogens is 2. The highest BCUT2D eigenvalue weighted by Gasteiger charge is 2.51. The maximum absolute atomic E-state index is 14.1. The van der Waals surface area contributed by atoms with E-state index in [1.165, 1.54) is 24.3 Å². The molecule has 3 aliphatic rings. The number of hydrogen-bond acceptors (Lipinski definition) is 11. The zero-order chi connectivity index (χ0) is 32.2. The minimum absolute atomic E-state index is 0.0225. The van der Waals surface area contributed by atoms with Crippen LogP contribution in [0.25, 0.3) is 22.3 Å². The monoisotopic (exact) mass is 623 g/mol. The fourth-order valence-electron chi connectivity index (χ4n) is 6.46. The molecule has 0 N–H and O–H groups in total. The van der Waals surface area contributed by atoms with E-state index >= 15 is 0 Å². The van der Waals surface area contributed by atoms with Crippen molar-refractivity contribution >= 4 is 46.4 Å². The van der Waals surface area contributed by atoms with Crippen LogP contribution in [0, 0.1) is 10.1 Å². The molecule has 0 aliphatic carbocycles. The van der Waals surface area contributed by atoms with Gasteiger partial charge in [0.25, 0.3) is 11.2 Å². The molecule has 0 unspecified atom stereocenters. The smallest absolute Gasteiger partial charge is 0.457 e. The van der Waals surface area contributed by atoms with Crippen LogP contribution >= 0.6 is 0 Å². The van der Waals surface area contributed by atoms with Crippen LogP contribution in [0.2, 0.25) is 0 Å². The molecule has 0 fully saturated rings. The van der Waals surface area contributed by atoms with Crippen LogP contribution in [0.15, 0.2) is 58.3 Å². The van der Waals surface area contributed by atoms with Crippen LogP contribution in [0.3, 0.4) is 0 Å². The predicted molar refractivity (Wildman–Crippen MR) is 168 cm³/mol. The molecule has 0 radical (unpaired) electrons. The first-order valence-corrected chi connectivity index (χ1v) is 15.1. The van der Waals surface area contributed by atoms with Crippen LogP contribution in [-0.2, 0) is 33.0 Å². The number of fused-ring (bicyclic) bond motifs is 5. The fourth-order valence-corrected chi connectivity index (χ4v) is 6.46. The Balaban J connectivity index is 1.32. The molecule has 46 heavy (non-hydrogen) atoms. The zero-order valence-electron chi connectivity index (χ0n) is 25.1. The SMILES string of the molecule is CCCCCN1C=Nc2cccc3nc4c(c1c23)Cn1c-4cc2c(c1=O)COC(=O)[C@@]2(CC)OC(=O)Oc1ccc([N+](=O)[O-])cc1. The number of esters is 1. The number of anilines is 1. The number of non-ortho nitro benzene ring substituents is 1. The number of unbranched alkanes of at least 4 members (excludes halogenated alkanes) is 2. The molecule has 13 nitrogen and oxygen atoms in total. The number of nitro groups is 1. The van der Waals surface area contributed by atoms with Crippen molar-refractivity contribution in [3.63, 3.8) is 0 Å². The molecule has 5 heterocycles. The number of carbonyl (C=O) groups is 2. The molecule has 234 valence electrons. The van der Waals surface area contributed by atoms with E-state index in [4.69, 9.17) is 19.2 Å². The second-order valence-electron chi connectivity index (χ2n) is 11.4. The van der Waals surface area contributed by atoms with Crippen LogP contribution in [0.4, 0.5) is 21.9 Å². The number of ether oxygens (including phenoxy) is 3. The van der Waals surface area contributed by atoms with E-state index in [1.807, 2.05) is 24.5 Å². The summed E-state index contributed by atoms with van der Waals surface area (Å²) in [7, 11) is 0. The van der Waals surface area contributed by atoms with E-state index in [1.54, 1.807) is 17.6 Å². The number of aliphatic imine (C=N–C) groups is 1. The molecule has 0 spiro atoms. The summed E-state index contributed by atoms with van der Waals surface area (Å²) >= 11 is 0. The van der Waals surface area contributed by atoms with Crippen molar-refractivity contribution < 1.29 is 28.7 Å². The third-order valence-corrected chi connectivity index (χ3v) is 8.76. The summed E-state index contributed by atoms with van der Waals surface area (Å²) in [5.41, 5.74) is 2.34. The lowest BCUT2D eigenvalue weighted by Crippen LogP contribution is -2.47. The van der Waals surface area contributed by atoms with Gasteiger partial charge in [-0.2, -0.15) is 0 Å².